The van der Waals surface area contributed by atoms with Crippen molar-refractivity contribution in [2.75, 3.05) is 13.1 Å². The zero-order valence-electron chi connectivity index (χ0n) is 15.6. The largest absolute Gasteiger partial charge is 0.366 e. The van der Waals surface area contributed by atoms with Crippen molar-refractivity contribution in [3.05, 3.63) is 77.0 Å². The molecule has 0 atom stereocenters. The molecule has 1 aliphatic rings. The molecule has 2 aromatic carbocycles. The zero-order valence-corrected chi connectivity index (χ0v) is 15.6. The number of hydrogen-bond acceptors (Lipinski definition) is 3. The van der Waals surface area contributed by atoms with E-state index < -0.39 is 29.0 Å². The van der Waals surface area contributed by atoms with Crippen LogP contribution in [0.25, 0.3) is 10.9 Å². The summed E-state index contributed by atoms with van der Waals surface area (Å²) in [6.07, 6.45) is 1.04. The fourth-order valence-electron chi connectivity index (χ4n) is 3.86. The smallest absolute Gasteiger partial charge is 0.259 e. The second kappa shape index (κ2) is 7.58. The predicted molar refractivity (Wildman–Crippen MR) is 104 cm³/mol. The Labute approximate surface area is 166 Å². The monoisotopic (exact) mass is 395 g/mol. The fourth-order valence-corrected chi connectivity index (χ4v) is 3.86. The first-order valence-electron chi connectivity index (χ1n) is 9.38. The van der Waals surface area contributed by atoms with E-state index in [-0.39, 0.29) is 5.92 Å². The van der Waals surface area contributed by atoms with Crippen LogP contribution in [0.4, 0.5) is 8.78 Å². The number of nitrogens with zero attached hydrogens (tertiary/aromatic N) is 2. The highest BCUT2D eigenvalue weighted by molar-refractivity contribution is 5.98. The summed E-state index contributed by atoms with van der Waals surface area (Å²) in [4.78, 5) is 30.7. The van der Waals surface area contributed by atoms with E-state index >= 15 is 0 Å². The van der Waals surface area contributed by atoms with E-state index in [0.29, 0.717) is 37.2 Å². The SMILES string of the molecule is NC(=O)c1cc2ccccc2nc1C1CCN(C(=O)c2c(F)cccc2F)CC1. The Hall–Kier alpha value is -3.35. The number of benzene rings is 2. The lowest BCUT2D eigenvalue weighted by Crippen LogP contribution is -2.39. The fraction of sp³-hybridized carbons (Fsp3) is 0.227. The first kappa shape index (κ1) is 19.0. The van der Waals surface area contributed by atoms with Crippen LogP contribution in [0.5, 0.6) is 0 Å². The van der Waals surface area contributed by atoms with Crippen molar-refractivity contribution in [1.29, 1.82) is 0 Å². The van der Waals surface area contributed by atoms with Gasteiger partial charge in [0.2, 0.25) is 0 Å². The molecule has 1 saturated heterocycles. The van der Waals surface area contributed by atoms with Crippen molar-refractivity contribution in [2.24, 2.45) is 5.73 Å². The molecule has 0 radical (unpaired) electrons. The summed E-state index contributed by atoms with van der Waals surface area (Å²) in [5.74, 6) is -3.03. The highest BCUT2D eigenvalue weighted by Gasteiger charge is 2.30. The molecule has 0 spiro atoms. The van der Waals surface area contributed by atoms with Crippen LogP contribution < -0.4 is 5.73 Å². The lowest BCUT2D eigenvalue weighted by Gasteiger charge is -2.32. The van der Waals surface area contributed by atoms with Crippen molar-refractivity contribution >= 4 is 22.7 Å². The maximum absolute atomic E-state index is 13.9. The second-order valence-corrected chi connectivity index (χ2v) is 7.14. The van der Waals surface area contributed by atoms with Gasteiger partial charge in [-0.3, -0.25) is 14.6 Å². The number of fused-ring (bicyclic) bond motifs is 1. The molecule has 148 valence electrons. The molecule has 4 rings (SSSR count). The summed E-state index contributed by atoms with van der Waals surface area (Å²) in [6, 6.07) is 12.6. The number of carbonyl (C=O) groups excluding carboxylic acids is 2. The van der Waals surface area contributed by atoms with Crippen LogP contribution in [-0.2, 0) is 0 Å². The van der Waals surface area contributed by atoms with Gasteiger partial charge in [-0.25, -0.2) is 8.78 Å². The summed E-state index contributed by atoms with van der Waals surface area (Å²) in [6.45, 7) is 0.619. The molecule has 0 saturated carbocycles. The minimum atomic E-state index is -0.871. The molecule has 29 heavy (non-hydrogen) atoms. The van der Waals surface area contributed by atoms with Crippen molar-refractivity contribution in [2.45, 2.75) is 18.8 Å². The van der Waals surface area contributed by atoms with Gasteiger partial charge in [-0.15, -0.1) is 0 Å². The van der Waals surface area contributed by atoms with Crippen molar-refractivity contribution in [1.82, 2.24) is 9.88 Å². The predicted octanol–water partition coefficient (Wildman–Crippen LogP) is 3.63. The van der Waals surface area contributed by atoms with E-state index in [1.807, 2.05) is 24.3 Å². The number of likely N-dealkylation sites (tertiary alicyclic amines) is 1. The molecule has 7 heteroatoms. The minimum absolute atomic E-state index is 0.0726. The van der Waals surface area contributed by atoms with Crippen LogP contribution in [0.15, 0.2) is 48.5 Å². The van der Waals surface area contributed by atoms with Gasteiger partial charge in [-0.1, -0.05) is 24.3 Å². The van der Waals surface area contributed by atoms with Gasteiger partial charge in [0.25, 0.3) is 11.8 Å². The van der Waals surface area contributed by atoms with Gasteiger partial charge in [0, 0.05) is 24.4 Å². The third-order valence-electron chi connectivity index (χ3n) is 5.36. The molecular weight excluding hydrogens is 376 g/mol. The minimum Gasteiger partial charge on any atom is -0.366 e. The maximum Gasteiger partial charge on any atom is 0.259 e. The van der Waals surface area contributed by atoms with Gasteiger partial charge in [0.15, 0.2) is 0 Å². The topological polar surface area (TPSA) is 76.3 Å². The summed E-state index contributed by atoms with van der Waals surface area (Å²) in [5.41, 5.74) is 6.78. The molecule has 3 aromatic rings. The first-order chi connectivity index (χ1) is 14.0. The van der Waals surface area contributed by atoms with Gasteiger partial charge in [-0.05, 0) is 37.1 Å². The van der Waals surface area contributed by atoms with Crippen molar-refractivity contribution in [3.8, 4) is 0 Å². The third-order valence-corrected chi connectivity index (χ3v) is 5.36. The Bertz CT molecular complexity index is 1090. The van der Waals surface area contributed by atoms with Crippen molar-refractivity contribution in [3.63, 3.8) is 0 Å². The number of primary amides is 1. The van der Waals surface area contributed by atoms with E-state index in [1.54, 1.807) is 6.07 Å². The molecule has 0 unspecified atom stereocenters. The average molecular weight is 395 g/mol. The summed E-state index contributed by atoms with van der Waals surface area (Å²) >= 11 is 0. The Morgan fingerprint density at radius 3 is 2.31 bits per heavy atom. The number of para-hydroxylation sites is 1. The van der Waals surface area contributed by atoms with Crippen LogP contribution in [0, 0.1) is 11.6 Å². The average Bonchev–Trinajstić information content (AvgIpc) is 2.72. The molecule has 1 aromatic heterocycles. The van der Waals surface area contributed by atoms with E-state index in [4.69, 9.17) is 5.73 Å². The molecule has 2 N–H and O–H groups in total. The van der Waals surface area contributed by atoms with Gasteiger partial charge >= 0.3 is 0 Å². The third kappa shape index (κ3) is 3.55. The van der Waals surface area contributed by atoms with E-state index in [9.17, 15) is 18.4 Å². The number of piperidine rings is 1. The molecular formula is C22H19F2N3O2. The van der Waals surface area contributed by atoms with Crippen LogP contribution in [-0.4, -0.2) is 34.8 Å². The standard InChI is InChI=1S/C22H19F2N3O2/c23-16-5-3-6-17(24)19(16)22(29)27-10-8-13(9-11-27)20-15(21(25)28)12-14-4-1-2-7-18(14)26-20/h1-7,12-13H,8-11H2,(H2,25,28). The lowest BCUT2D eigenvalue weighted by atomic mass is 9.89. The quantitative estimate of drug-likeness (QED) is 0.736. The molecule has 5 nitrogen and oxygen atoms in total. The van der Waals surface area contributed by atoms with E-state index in [2.05, 4.69) is 4.98 Å². The number of carbonyl (C=O) groups is 2. The van der Waals surface area contributed by atoms with E-state index in [0.717, 1.165) is 23.0 Å². The van der Waals surface area contributed by atoms with Crippen LogP contribution in [0.1, 0.15) is 45.2 Å². The van der Waals surface area contributed by atoms with Gasteiger partial charge < -0.3 is 10.6 Å². The van der Waals surface area contributed by atoms with Crippen LogP contribution in [0.3, 0.4) is 0 Å². The molecule has 2 amide bonds. The van der Waals surface area contributed by atoms with Crippen LogP contribution >= 0.6 is 0 Å². The summed E-state index contributed by atoms with van der Waals surface area (Å²) in [5, 5.41) is 0.827. The normalized spacial score (nSPS) is 14.9. The van der Waals surface area contributed by atoms with E-state index in [1.165, 1.54) is 11.0 Å². The Morgan fingerprint density at radius 1 is 1.00 bits per heavy atom. The maximum atomic E-state index is 13.9. The molecule has 0 bridgehead atoms. The molecule has 0 aliphatic carbocycles. The van der Waals surface area contributed by atoms with Gasteiger partial charge in [0.05, 0.1) is 16.8 Å². The first-order valence-corrected chi connectivity index (χ1v) is 9.38. The van der Waals surface area contributed by atoms with Crippen LogP contribution in [0.2, 0.25) is 0 Å². The highest BCUT2D eigenvalue weighted by atomic mass is 19.1. The molecule has 1 fully saturated rings. The second-order valence-electron chi connectivity index (χ2n) is 7.14. The zero-order chi connectivity index (χ0) is 20.5. The number of aromatic nitrogens is 1. The van der Waals surface area contributed by atoms with Crippen molar-refractivity contribution < 1.29 is 18.4 Å². The number of rotatable bonds is 3. The molecule has 1 aliphatic heterocycles. The lowest BCUT2D eigenvalue weighted by molar-refractivity contribution is 0.0701. The number of pyridine rings is 1. The highest BCUT2D eigenvalue weighted by Crippen LogP contribution is 2.31. The Morgan fingerprint density at radius 2 is 1.66 bits per heavy atom. The summed E-state index contributed by atoms with van der Waals surface area (Å²) in [7, 11) is 0. The Balaban J connectivity index is 1.58. The number of hydrogen-bond donors (Lipinski definition) is 1. The number of amides is 2. The van der Waals surface area contributed by atoms with Gasteiger partial charge in [0.1, 0.15) is 17.2 Å². The van der Waals surface area contributed by atoms with Gasteiger partial charge in [-0.2, -0.15) is 0 Å². The Kier molecular flexibility index (Phi) is 4.96. The molecule has 2 heterocycles. The summed E-state index contributed by atoms with van der Waals surface area (Å²) < 4.78 is 27.9. The number of nitrogens with two attached hydrogens (primary N) is 1. The number of halogens is 2.